The maximum absolute atomic E-state index is 13.1. The summed E-state index contributed by atoms with van der Waals surface area (Å²) in [7, 11) is 1.61. The molecule has 4 rings (SSSR count). The van der Waals surface area contributed by atoms with E-state index in [0.717, 1.165) is 28.0 Å². The predicted molar refractivity (Wildman–Crippen MR) is 152 cm³/mol. The van der Waals surface area contributed by atoms with Gasteiger partial charge in [-0.05, 0) is 71.5 Å². The average molecular weight is 562 g/mol. The van der Waals surface area contributed by atoms with E-state index in [1.54, 1.807) is 21.0 Å². The lowest BCUT2D eigenvalue weighted by Gasteiger charge is -2.21. The van der Waals surface area contributed by atoms with Gasteiger partial charge in [0, 0.05) is 11.1 Å². The quantitative estimate of drug-likeness (QED) is 0.243. The highest BCUT2D eigenvalue weighted by Gasteiger charge is 2.24. The number of aromatic nitrogens is 4. The molecule has 0 spiro atoms. The van der Waals surface area contributed by atoms with Gasteiger partial charge in [-0.3, -0.25) is 9.59 Å². The van der Waals surface area contributed by atoms with Crippen molar-refractivity contribution in [3.63, 3.8) is 0 Å². The number of carbonyl (C=O) groups is 2. The van der Waals surface area contributed by atoms with Crippen LogP contribution in [-0.4, -0.2) is 51.8 Å². The van der Waals surface area contributed by atoms with Crippen molar-refractivity contribution in [1.82, 2.24) is 25.5 Å². The number of nitrogens with one attached hydrogen (secondary N) is 1. The van der Waals surface area contributed by atoms with Gasteiger partial charge < -0.3 is 14.8 Å². The topological polar surface area (TPSA) is 108 Å². The Balaban J connectivity index is 1.45. The molecular formula is C30H32ClN5O4. The van der Waals surface area contributed by atoms with Crippen molar-refractivity contribution in [1.29, 1.82) is 0 Å². The number of tetrazole rings is 1. The van der Waals surface area contributed by atoms with Gasteiger partial charge in [0.15, 0.2) is 0 Å². The van der Waals surface area contributed by atoms with E-state index < -0.39 is 11.8 Å². The van der Waals surface area contributed by atoms with Crippen LogP contribution in [0.1, 0.15) is 42.0 Å². The number of benzene rings is 3. The van der Waals surface area contributed by atoms with Gasteiger partial charge in [0.25, 0.3) is 11.7 Å². The molecule has 1 aromatic heterocycles. The molecule has 2 unspecified atom stereocenters. The molecular weight excluding hydrogens is 530 g/mol. The molecule has 0 aliphatic rings. The third-order valence-electron chi connectivity index (χ3n) is 6.40. The summed E-state index contributed by atoms with van der Waals surface area (Å²) in [6.07, 6.45) is 0.895. The van der Waals surface area contributed by atoms with Crippen LogP contribution in [0.25, 0.3) is 11.1 Å². The predicted octanol–water partition coefficient (Wildman–Crippen LogP) is 4.98. The fraction of sp³-hybridized carbons (Fsp3) is 0.300. The maximum atomic E-state index is 13.1. The molecule has 40 heavy (non-hydrogen) atoms. The van der Waals surface area contributed by atoms with E-state index in [4.69, 9.17) is 21.1 Å². The number of nitrogens with zero attached hydrogens (tertiary/aromatic N) is 4. The Bertz CT molecular complexity index is 1420. The van der Waals surface area contributed by atoms with E-state index in [2.05, 4.69) is 20.7 Å². The molecule has 1 amide bonds. The fourth-order valence-corrected chi connectivity index (χ4v) is 4.52. The summed E-state index contributed by atoms with van der Waals surface area (Å²) >= 11 is 6.14. The molecule has 0 radical (unpaired) electrons. The van der Waals surface area contributed by atoms with Crippen molar-refractivity contribution in [2.24, 2.45) is 5.92 Å². The minimum Gasteiger partial charge on any atom is -0.497 e. The minimum atomic E-state index is -0.461. The van der Waals surface area contributed by atoms with Gasteiger partial charge in [-0.15, -0.1) is 10.2 Å². The van der Waals surface area contributed by atoms with Gasteiger partial charge in [0.1, 0.15) is 5.75 Å². The molecule has 0 saturated carbocycles. The summed E-state index contributed by atoms with van der Waals surface area (Å²) in [5, 5.41) is 15.9. The minimum absolute atomic E-state index is 0.0430. The Kier molecular flexibility index (Phi) is 9.86. The molecule has 10 heteroatoms. The van der Waals surface area contributed by atoms with Crippen LogP contribution in [0.5, 0.6) is 5.75 Å². The highest BCUT2D eigenvalue weighted by atomic mass is 35.5. The Morgan fingerprint density at radius 1 is 1.00 bits per heavy atom. The zero-order valence-corrected chi connectivity index (χ0v) is 23.5. The average Bonchev–Trinajstić information content (AvgIpc) is 3.42. The van der Waals surface area contributed by atoms with Crippen LogP contribution < -0.4 is 10.1 Å². The molecule has 0 aliphatic carbocycles. The third-order valence-corrected chi connectivity index (χ3v) is 6.63. The normalized spacial score (nSPS) is 12.4. The van der Waals surface area contributed by atoms with Crippen molar-refractivity contribution >= 4 is 23.5 Å². The Morgan fingerprint density at radius 3 is 2.40 bits per heavy atom. The number of hydrogen-bond acceptors (Lipinski definition) is 7. The standard InChI is InChI=1S/C30H32ClN5O4/c1-4-40-30(38)20(2)16-26(17-21-8-12-23(13-9-21)24-6-5-7-25(31)18-24)32-29(37)28-33-35-36(34-28)19-22-10-14-27(39-3)15-11-22/h5-15,18,20,26H,4,16-17,19H2,1-3H3,(H,32,37). The second-order valence-electron chi connectivity index (χ2n) is 9.46. The first-order valence-electron chi connectivity index (χ1n) is 13.1. The number of rotatable bonds is 12. The second kappa shape index (κ2) is 13.7. The molecule has 4 aromatic rings. The summed E-state index contributed by atoms with van der Waals surface area (Å²) in [6.45, 7) is 4.22. The first-order valence-corrected chi connectivity index (χ1v) is 13.5. The molecule has 3 aromatic carbocycles. The van der Waals surface area contributed by atoms with Gasteiger partial charge >= 0.3 is 5.97 Å². The molecule has 1 N–H and O–H groups in total. The van der Waals surface area contributed by atoms with Crippen molar-refractivity contribution < 1.29 is 19.1 Å². The van der Waals surface area contributed by atoms with Gasteiger partial charge in [-0.1, -0.05) is 67.1 Å². The summed E-state index contributed by atoms with van der Waals surface area (Å²) in [5.41, 5.74) is 3.99. The maximum Gasteiger partial charge on any atom is 0.308 e. The van der Waals surface area contributed by atoms with Crippen molar-refractivity contribution in [2.75, 3.05) is 13.7 Å². The molecule has 0 saturated heterocycles. The zero-order valence-electron chi connectivity index (χ0n) is 22.7. The largest absolute Gasteiger partial charge is 0.497 e. The smallest absolute Gasteiger partial charge is 0.308 e. The van der Waals surface area contributed by atoms with Gasteiger partial charge in [0.05, 0.1) is 26.2 Å². The monoisotopic (exact) mass is 561 g/mol. The Morgan fingerprint density at radius 2 is 1.73 bits per heavy atom. The van der Waals surface area contributed by atoms with E-state index in [9.17, 15) is 9.59 Å². The molecule has 2 atom stereocenters. The van der Waals surface area contributed by atoms with Crippen LogP contribution in [0.4, 0.5) is 0 Å². The molecule has 0 fully saturated rings. The van der Waals surface area contributed by atoms with Crippen LogP contribution in [-0.2, 0) is 22.5 Å². The summed E-state index contributed by atoms with van der Waals surface area (Å²) in [5.74, 6) is -0.468. The highest BCUT2D eigenvalue weighted by Crippen LogP contribution is 2.24. The fourth-order valence-electron chi connectivity index (χ4n) is 4.33. The summed E-state index contributed by atoms with van der Waals surface area (Å²) in [6, 6.07) is 22.8. The lowest BCUT2D eigenvalue weighted by molar-refractivity contribution is -0.147. The SMILES string of the molecule is CCOC(=O)C(C)CC(Cc1ccc(-c2cccc(Cl)c2)cc1)NC(=O)c1nnn(Cc2ccc(OC)cc2)n1. The first kappa shape index (κ1) is 28.8. The molecule has 1 heterocycles. The third kappa shape index (κ3) is 7.89. The number of esters is 1. The van der Waals surface area contributed by atoms with E-state index in [1.165, 1.54) is 4.80 Å². The van der Waals surface area contributed by atoms with E-state index >= 15 is 0 Å². The zero-order chi connectivity index (χ0) is 28.5. The van der Waals surface area contributed by atoms with Gasteiger partial charge in [0.2, 0.25) is 0 Å². The number of carbonyl (C=O) groups excluding carboxylic acids is 2. The molecule has 9 nitrogen and oxygen atoms in total. The molecule has 0 aliphatic heterocycles. The van der Waals surface area contributed by atoms with Crippen LogP contribution in [0.15, 0.2) is 72.8 Å². The number of ether oxygens (including phenoxy) is 2. The number of amides is 1. The lowest BCUT2D eigenvalue weighted by atomic mass is 9.95. The first-order chi connectivity index (χ1) is 19.3. The number of halogens is 1. The van der Waals surface area contributed by atoms with Gasteiger partial charge in [-0.2, -0.15) is 4.80 Å². The molecule has 0 bridgehead atoms. The second-order valence-corrected chi connectivity index (χ2v) is 9.90. The van der Waals surface area contributed by atoms with Crippen LogP contribution in [0.2, 0.25) is 5.02 Å². The van der Waals surface area contributed by atoms with Crippen LogP contribution in [0, 0.1) is 5.92 Å². The summed E-state index contributed by atoms with van der Waals surface area (Å²) in [4.78, 5) is 26.8. The summed E-state index contributed by atoms with van der Waals surface area (Å²) < 4.78 is 10.4. The number of hydrogen-bond donors (Lipinski definition) is 1. The van der Waals surface area contributed by atoms with Crippen molar-refractivity contribution in [3.05, 3.63) is 94.8 Å². The van der Waals surface area contributed by atoms with Crippen molar-refractivity contribution in [2.45, 2.75) is 39.3 Å². The van der Waals surface area contributed by atoms with E-state index in [0.29, 0.717) is 31.0 Å². The lowest BCUT2D eigenvalue weighted by Crippen LogP contribution is -2.39. The van der Waals surface area contributed by atoms with Crippen LogP contribution >= 0.6 is 11.6 Å². The van der Waals surface area contributed by atoms with Crippen LogP contribution in [0.3, 0.4) is 0 Å². The van der Waals surface area contributed by atoms with Crippen molar-refractivity contribution in [3.8, 4) is 16.9 Å². The van der Waals surface area contributed by atoms with Gasteiger partial charge in [-0.25, -0.2) is 0 Å². The number of methoxy groups -OCH3 is 1. The highest BCUT2D eigenvalue weighted by molar-refractivity contribution is 6.30. The Hall–Kier alpha value is -4.24. The van der Waals surface area contributed by atoms with E-state index in [1.807, 2.05) is 72.8 Å². The molecule has 208 valence electrons. The Labute approximate surface area is 238 Å². The van der Waals surface area contributed by atoms with E-state index in [-0.39, 0.29) is 17.8 Å².